The average Bonchev–Trinajstić information content (AvgIpc) is 2.97. The van der Waals surface area contributed by atoms with E-state index in [0.29, 0.717) is 6.42 Å². The van der Waals surface area contributed by atoms with Crippen LogP contribution in [0.15, 0.2) is 65.6 Å². The maximum atomic E-state index is 13.4. The van der Waals surface area contributed by atoms with Crippen LogP contribution in [-0.2, 0) is 24.5 Å². The van der Waals surface area contributed by atoms with Crippen molar-refractivity contribution in [3.63, 3.8) is 0 Å². The maximum absolute atomic E-state index is 13.4. The SMILES string of the molecule is CC(C)C[C@@H](C(=O)NN(CC(C)(C)CO)C(=O)[C@@H](C)N)[C@H](C/C=C/c1ccccc1)C(=O)NO.Cc1ccc(S(=O)(=O)O)cc1. The van der Waals surface area contributed by atoms with Crippen LogP contribution in [0.25, 0.3) is 6.08 Å². The van der Waals surface area contributed by atoms with Gasteiger partial charge in [0.25, 0.3) is 16.0 Å². The molecule has 0 spiro atoms. The Morgan fingerprint density at radius 1 is 0.978 bits per heavy atom. The Morgan fingerprint density at radius 3 is 2.02 bits per heavy atom. The molecule has 0 aliphatic rings. The monoisotopic (exact) mass is 648 g/mol. The van der Waals surface area contributed by atoms with Crippen LogP contribution in [0.2, 0.25) is 0 Å². The number of nitrogens with one attached hydrogen (secondary N) is 2. The Hall–Kier alpha value is -3.62. The number of hydroxylamine groups is 1. The molecule has 0 heterocycles. The zero-order valence-corrected chi connectivity index (χ0v) is 27.6. The summed E-state index contributed by atoms with van der Waals surface area (Å²) in [6.45, 7) is 10.5. The van der Waals surface area contributed by atoms with Crippen molar-refractivity contribution in [2.45, 2.75) is 65.3 Å². The van der Waals surface area contributed by atoms with E-state index >= 15 is 0 Å². The molecule has 12 nitrogen and oxygen atoms in total. The number of amides is 3. The first kappa shape index (κ1) is 39.4. The van der Waals surface area contributed by atoms with Gasteiger partial charge in [0.05, 0.1) is 22.8 Å². The summed E-state index contributed by atoms with van der Waals surface area (Å²) < 4.78 is 29.6. The summed E-state index contributed by atoms with van der Waals surface area (Å²) in [5.41, 5.74) is 11.3. The zero-order valence-electron chi connectivity index (χ0n) is 26.8. The Labute approximate surface area is 266 Å². The molecule has 7 N–H and O–H groups in total. The summed E-state index contributed by atoms with van der Waals surface area (Å²) in [7, 11) is -4.02. The van der Waals surface area contributed by atoms with Gasteiger partial charge in [-0.15, -0.1) is 0 Å². The normalized spacial score (nSPS) is 13.8. The number of hydrogen-bond acceptors (Lipinski definition) is 8. The average molecular weight is 649 g/mol. The van der Waals surface area contributed by atoms with E-state index in [-0.39, 0.29) is 30.4 Å². The van der Waals surface area contributed by atoms with Crippen molar-refractivity contribution in [1.82, 2.24) is 15.9 Å². The fourth-order valence-electron chi connectivity index (χ4n) is 4.24. The van der Waals surface area contributed by atoms with Gasteiger partial charge in [-0.2, -0.15) is 8.42 Å². The highest BCUT2D eigenvalue weighted by molar-refractivity contribution is 7.85. The second-order valence-electron chi connectivity index (χ2n) is 12.2. The number of rotatable bonds is 13. The Bertz CT molecular complexity index is 1360. The van der Waals surface area contributed by atoms with E-state index in [9.17, 15) is 33.1 Å². The van der Waals surface area contributed by atoms with E-state index in [1.807, 2.05) is 57.2 Å². The lowest BCUT2D eigenvalue weighted by molar-refractivity contribution is -0.149. The van der Waals surface area contributed by atoms with Crippen molar-refractivity contribution >= 4 is 33.9 Å². The van der Waals surface area contributed by atoms with Gasteiger partial charge in [-0.1, -0.05) is 87.9 Å². The number of nitrogens with zero attached hydrogens (tertiary/aromatic N) is 1. The highest BCUT2D eigenvalue weighted by Crippen LogP contribution is 2.26. The topological polar surface area (TPSA) is 199 Å². The highest BCUT2D eigenvalue weighted by Gasteiger charge is 2.36. The molecular formula is C32H48N4O8S. The van der Waals surface area contributed by atoms with Crippen molar-refractivity contribution in [2.75, 3.05) is 13.2 Å². The third-order valence-corrected chi connectivity index (χ3v) is 7.60. The molecule has 2 aromatic carbocycles. The van der Waals surface area contributed by atoms with Gasteiger partial charge in [-0.3, -0.25) is 34.6 Å². The summed E-state index contributed by atoms with van der Waals surface area (Å²) in [5, 5.41) is 20.1. The van der Waals surface area contributed by atoms with Crippen molar-refractivity contribution in [1.29, 1.82) is 0 Å². The molecular weight excluding hydrogens is 600 g/mol. The Balaban J connectivity index is 0.000000768. The number of carbonyl (C=O) groups is 3. The minimum atomic E-state index is -4.02. The van der Waals surface area contributed by atoms with Crippen LogP contribution in [0.1, 0.15) is 58.6 Å². The largest absolute Gasteiger partial charge is 0.396 e. The first-order chi connectivity index (χ1) is 20.9. The first-order valence-corrected chi connectivity index (χ1v) is 16.0. The van der Waals surface area contributed by atoms with E-state index in [0.717, 1.165) is 16.1 Å². The molecule has 0 fully saturated rings. The van der Waals surface area contributed by atoms with Crippen molar-refractivity contribution < 1.29 is 37.7 Å². The van der Waals surface area contributed by atoms with Gasteiger partial charge in [0.2, 0.25) is 11.8 Å². The maximum Gasteiger partial charge on any atom is 0.294 e. The predicted molar refractivity (Wildman–Crippen MR) is 172 cm³/mol. The van der Waals surface area contributed by atoms with E-state index in [2.05, 4.69) is 5.43 Å². The van der Waals surface area contributed by atoms with Gasteiger partial charge >= 0.3 is 0 Å². The molecule has 0 unspecified atom stereocenters. The van der Waals surface area contributed by atoms with Gasteiger partial charge in [-0.05, 0) is 50.3 Å². The zero-order chi connectivity index (χ0) is 34.4. The molecule has 2 rings (SSSR count). The molecule has 45 heavy (non-hydrogen) atoms. The smallest absolute Gasteiger partial charge is 0.294 e. The second-order valence-corrected chi connectivity index (χ2v) is 13.6. The summed E-state index contributed by atoms with van der Waals surface area (Å²) >= 11 is 0. The highest BCUT2D eigenvalue weighted by atomic mass is 32.2. The van der Waals surface area contributed by atoms with Crippen LogP contribution in [0.4, 0.5) is 0 Å². The molecule has 0 saturated heterocycles. The van der Waals surface area contributed by atoms with Gasteiger partial charge in [0.1, 0.15) is 0 Å². The predicted octanol–water partition coefficient (Wildman–Crippen LogP) is 3.34. The fourth-order valence-corrected chi connectivity index (χ4v) is 4.72. The minimum Gasteiger partial charge on any atom is -0.396 e. The summed E-state index contributed by atoms with van der Waals surface area (Å²) in [4.78, 5) is 38.6. The van der Waals surface area contributed by atoms with Gasteiger partial charge in [0, 0.05) is 18.6 Å². The van der Waals surface area contributed by atoms with Crippen molar-refractivity contribution in [3.8, 4) is 0 Å². The van der Waals surface area contributed by atoms with Gasteiger partial charge in [-0.25, -0.2) is 5.48 Å². The quantitative estimate of drug-likeness (QED) is 0.107. The Morgan fingerprint density at radius 2 is 1.56 bits per heavy atom. The van der Waals surface area contributed by atoms with E-state index in [1.54, 1.807) is 37.5 Å². The van der Waals surface area contributed by atoms with Crippen LogP contribution >= 0.6 is 0 Å². The molecule has 0 bridgehead atoms. The molecule has 0 radical (unpaired) electrons. The number of benzene rings is 2. The number of allylic oxidation sites excluding steroid dienone is 1. The molecule has 250 valence electrons. The van der Waals surface area contributed by atoms with E-state index < -0.39 is 51.1 Å². The van der Waals surface area contributed by atoms with Crippen LogP contribution in [0.5, 0.6) is 0 Å². The number of carbonyl (C=O) groups excluding carboxylic acids is 3. The van der Waals surface area contributed by atoms with Gasteiger partial charge < -0.3 is 10.8 Å². The number of hydrazine groups is 1. The van der Waals surface area contributed by atoms with Crippen molar-refractivity contribution in [3.05, 3.63) is 71.8 Å². The number of aliphatic hydroxyl groups excluding tert-OH is 1. The van der Waals surface area contributed by atoms with Crippen LogP contribution in [0, 0.1) is 30.1 Å². The molecule has 0 aromatic heterocycles. The number of aryl methyl sites for hydroxylation is 1. The van der Waals surface area contributed by atoms with Crippen molar-refractivity contribution in [2.24, 2.45) is 28.9 Å². The molecule has 3 amide bonds. The lowest BCUT2D eigenvalue weighted by Crippen LogP contribution is -2.57. The van der Waals surface area contributed by atoms with E-state index in [1.165, 1.54) is 19.1 Å². The number of nitrogens with two attached hydrogens (primary N) is 1. The third kappa shape index (κ3) is 14.4. The molecule has 0 aliphatic heterocycles. The standard InChI is InChI=1S/C25H40N4O5.C7H8O3S/c1-17(2)14-21(20(23(32)28-34)13-9-12-19-10-7-6-8-11-19)22(31)27-29(24(33)18(3)26)15-25(4,5)16-30;1-6-2-4-7(5-3-6)11(8,9)10/h6-12,17-18,20-21,30,34H,13-16,26H2,1-5H3,(H,27,31)(H,28,32);2-5H,1H3,(H,8,9,10)/b12-9+;/t18-,20+,21-;/m1./s1. The minimum absolute atomic E-state index is 0.0365. The van der Waals surface area contributed by atoms with Crippen LogP contribution < -0.4 is 16.6 Å². The van der Waals surface area contributed by atoms with Gasteiger partial charge in [0.15, 0.2) is 0 Å². The molecule has 0 saturated carbocycles. The third-order valence-electron chi connectivity index (χ3n) is 6.73. The molecule has 13 heteroatoms. The first-order valence-electron chi connectivity index (χ1n) is 14.6. The fraction of sp³-hybridized carbons (Fsp3) is 0.469. The molecule has 0 aliphatic carbocycles. The summed E-state index contributed by atoms with van der Waals surface area (Å²) in [6.07, 6.45) is 4.19. The Kier molecular flexibility index (Phi) is 16.1. The van der Waals surface area contributed by atoms with Crippen LogP contribution in [0.3, 0.4) is 0 Å². The summed E-state index contributed by atoms with van der Waals surface area (Å²) in [6, 6.07) is 14.6. The lowest BCUT2D eigenvalue weighted by Gasteiger charge is -2.34. The number of hydrogen-bond donors (Lipinski definition) is 6. The number of aliphatic hydroxyl groups is 1. The summed E-state index contributed by atoms with van der Waals surface area (Å²) in [5.74, 6) is -3.35. The van der Waals surface area contributed by atoms with Crippen LogP contribution in [-0.4, -0.2) is 65.2 Å². The lowest BCUT2D eigenvalue weighted by atomic mass is 9.82. The second kappa shape index (κ2) is 18.4. The molecule has 3 atom stereocenters. The van der Waals surface area contributed by atoms with E-state index in [4.69, 9.17) is 10.3 Å². The molecule has 2 aromatic rings.